The summed E-state index contributed by atoms with van der Waals surface area (Å²) in [4.78, 5) is 18.5. The molecule has 2 aromatic carbocycles. The summed E-state index contributed by atoms with van der Waals surface area (Å²) in [6.07, 6.45) is 3.78. The molecule has 0 spiro atoms. The fourth-order valence-electron chi connectivity index (χ4n) is 3.60. The summed E-state index contributed by atoms with van der Waals surface area (Å²) in [6, 6.07) is 18.5. The maximum Gasteiger partial charge on any atom is 0.231 e. The van der Waals surface area contributed by atoms with Crippen molar-refractivity contribution in [2.24, 2.45) is 0 Å². The third kappa shape index (κ3) is 5.40. The molecule has 4 nitrogen and oxygen atoms in total. The Morgan fingerprint density at radius 3 is 2.66 bits per heavy atom. The van der Waals surface area contributed by atoms with Crippen LogP contribution in [0.4, 0.5) is 5.69 Å². The molecule has 1 unspecified atom stereocenters. The van der Waals surface area contributed by atoms with Crippen molar-refractivity contribution in [3.63, 3.8) is 0 Å². The third-order valence-electron chi connectivity index (χ3n) is 5.21. The Labute approximate surface area is 175 Å². The van der Waals surface area contributed by atoms with Crippen LogP contribution in [0.3, 0.4) is 0 Å². The minimum atomic E-state index is -0.0180. The van der Waals surface area contributed by atoms with E-state index in [0.717, 1.165) is 42.4 Å². The molecule has 1 atom stereocenters. The highest BCUT2D eigenvalue weighted by Crippen LogP contribution is 2.18. The second-order valence-corrected chi connectivity index (χ2v) is 8.49. The molecule has 2 N–H and O–H groups in total. The van der Waals surface area contributed by atoms with E-state index in [0.29, 0.717) is 6.42 Å². The molecule has 1 aliphatic heterocycles. The van der Waals surface area contributed by atoms with Crippen molar-refractivity contribution in [2.45, 2.75) is 26.3 Å². The number of quaternary nitrogens is 1. The predicted octanol–water partition coefficient (Wildman–Crippen LogP) is 3.50. The second-order valence-electron chi connectivity index (χ2n) is 7.55. The van der Waals surface area contributed by atoms with Gasteiger partial charge in [-0.05, 0) is 36.3 Å². The van der Waals surface area contributed by atoms with Gasteiger partial charge >= 0.3 is 0 Å². The highest BCUT2D eigenvalue weighted by Gasteiger charge is 2.18. The van der Waals surface area contributed by atoms with Gasteiger partial charge in [-0.25, -0.2) is 4.98 Å². The summed E-state index contributed by atoms with van der Waals surface area (Å²) in [5.41, 5.74) is 5.87. The van der Waals surface area contributed by atoms with E-state index in [1.807, 2.05) is 31.2 Å². The molecule has 0 saturated heterocycles. The number of aromatic nitrogens is 1. The molecule has 0 saturated carbocycles. The highest BCUT2D eigenvalue weighted by molar-refractivity contribution is 7.09. The van der Waals surface area contributed by atoms with Crippen LogP contribution < -0.4 is 10.2 Å². The molecular formula is C24H26N3OS+. The molecule has 29 heavy (non-hydrogen) atoms. The quantitative estimate of drug-likeness (QED) is 0.661. The zero-order valence-corrected chi connectivity index (χ0v) is 17.5. The van der Waals surface area contributed by atoms with Crippen LogP contribution in [0, 0.1) is 6.92 Å². The van der Waals surface area contributed by atoms with Crippen LogP contribution >= 0.6 is 11.3 Å². The number of carbonyl (C=O) groups is 1. The molecule has 0 fully saturated rings. The molecule has 0 bridgehead atoms. The molecule has 1 amide bonds. The van der Waals surface area contributed by atoms with Gasteiger partial charge < -0.3 is 10.2 Å². The third-order valence-corrected chi connectivity index (χ3v) is 6.10. The summed E-state index contributed by atoms with van der Waals surface area (Å²) in [6.45, 7) is 5.08. The largest absolute Gasteiger partial charge is 0.326 e. The Morgan fingerprint density at radius 1 is 1.14 bits per heavy atom. The van der Waals surface area contributed by atoms with Crippen molar-refractivity contribution in [2.75, 3.05) is 18.4 Å². The first kappa shape index (κ1) is 19.6. The van der Waals surface area contributed by atoms with Crippen LogP contribution in [-0.4, -0.2) is 24.0 Å². The van der Waals surface area contributed by atoms with Gasteiger partial charge in [-0.15, -0.1) is 11.3 Å². The normalized spacial score (nSPS) is 16.3. The molecule has 5 heteroatoms. The lowest BCUT2D eigenvalue weighted by molar-refractivity contribution is -0.909. The predicted molar refractivity (Wildman–Crippen MR) is 119 cm³/mol. The number of nitrogens with one attached hydrogen (secondary N) is 2. The number of aryl methyl sites for hydroxylation is 1. The number of thiazole rings is 1. The number of amides is 1. The first-order valence-corrected chi connectivity index (χ1v) is 10.9. The molecule has 0 radical (unpaired) electrons. The van der Waals surface area contributed by atoms with E-state index in [2.05, 4.69) is 47.1 Å². The maximum absolute atomic E-state index is 12.3. The molecule has 4 rings (SSSR count). The van der Waals surface area contributed by atoms with E-state index < -0.39 is 0 Å². The van der Waals surface area contributed by atoms with E-state index in [1.165, 1.54) is 21.6 Å². The van der Waals surface area contributed by atoms with Gasteiger partial charge in [-0.3, -0.25) is 4.79 Å². The summed E-state index contributed by atoms with van der Waals surface area (Å²) >= 11 is 1.58. The Hall–Kier alpha value is -2.76. The minimum absolute atomic E-state index is 0.0180. The van der Waals surface area contributed by atoms with Crippen molar-refractivity contribution in [3.8, 4) is 0 Å². The average molecular weight is 405 g/mol. The smallest absolute Gasteiger partial charge is 0.231 e. The van der Waals surface area contributed by atoms with Crippen LogP contribution in [0.25, 0.3) is 5.57 Å². The first-order valence-electron chi connectivity index (χ1n) is 10.0. The van der Waals surface area contributed by atoms with Gasteiger partial charge in [-0.2, -0.15) is 0 Å². The number of hydrogen-bond donors (Lipinski definition) is 2. The second kappa shape index (κ2) is 9.16. The van der Waals surface area contributed by atoms with Crippen molar-refractivity contribution in [3.05, 3.63) is 87.9 Å². The summed E-state index contributed by atoms with van der Waals surface area (Å²) in [5, 5.41) is 5.92. The standard InChI is InChI=1S/C24H25N3OS/c1-18-7-9-21(10-8-18)25-23(28)15-24-26-22(17-29-24)16-27-13-11-20(12-14-27)19-5-3-2-4-6-19/h2-11,17H,12-16H2,1H3,(H,25,28)/p+1. The van der Waals surface area contributed by atoms with Crippen LogP contribution in [0.15, 0.2) is 66.1 Å². The monoisotopic (exact) mass is 404 g/mol. The number of hydrogen-bond acceptors (Lipinski definition) is 3. The number of nitrogens with zero attached hydrogens (tertiary/aromatic N) is 1. The van der Waals surface area contributed by atoms with Crippen molar-refractivity contribution < 1.29 is 9.69 Å². The molecule has 2 heterocycles. The molecule has 1 aromatic heterocycles. The lowest BCUT2D eigenvalue weighted by Crippen LogP contribution is -3.11. The van der Waals surface area contributed by atoms with E-state index in [4.69, 9.17) is 4.98 Å². The zero-order chi connectivity index (χ0) is 20.1. The summed E-state index contributed by atoms with van der Waals surface area (Å²) in [5.74, 6) is -0.0180. The zero-order valence-electron chi connectivity index (χ0n) is 16.7. The van der Waals surface area contributed by atoms with Crippen LogP contribution in [-0.2, 0) is 17.8 Å². The van der Waals surface area contributed by atoms with Crippen molar-refractivity contribution in [1.82, 2.24) is 4.98 Å². The average Bonchev–Trinajstić information content (AvgIpc) is 3.17. The molecule has 3 aromatic rings. The SMILES string of the molecule is Cc1ccc(NC(=O)Cc2nc(C[NH+]3CC=C(c4ccccc4)CC3)cs2)cc1. The Bertz CT molecular complexity index is 992. The lowest BCUT2D eigenvalue weighted by Gasteiger charge is -2.23. The summed E-state index contributed by atoms with van der Waals surface area (Å²) in [7, 11) is 0. The van der Waals surface area contributed by atoms with Crippen LogP contribution in [0.1, 0.15) is 28.2 Å². The fourth-order valence-corrected chi connectivity index (χ4v) is 4.40. The van der Waals surface area contributed by atoms with E-state index >= 15 is 0 Å². The van der Waals surface area contributed by atoms with Crippen molar-refractivity contribution in [1.29, 1.82) is 0 Å². The summed E-state index contributed by atoms with van der Waals surface area (Å²) < 4.78 is 0. The number of anilines is 1. The Morgan fingerprint density at radius 2 is 1.93 bits per heavy atom. The van der Waals surface area contributed by atoms with Gasteiger partial charge in [0.1, 0.15) is 17.2 Å². The van der Waals surface area contributed by atoms with Crippen LogP contribution in [0.2, 0.25) is 0 Å². The first-order chi connectivity index (χ1) is 14.2. The fraction of sp³-hybridized carbons (Fsp3) is 0.250. The van der Waals surface area contributed by atoms with E-state index in [1.54, 1.807) is 11.3 Å². The van der Waals surface area contributed by atoms with Gasteiger partial charge in [0, 0.05) is 17.5 Å². The highest BCUT2D eigenvalue weighted by atomic mass is 32.1. The van der Waals surface area contributed by atoms with Gasteiger partial charge in [-0.1, -0.05) is 48.0 Å². The van der Waals surface area contributed by atoms with Gasteiger partial charge in [0.2, 0.25) is 5.91 Å². The molecule has 0 aliphatic carbocycles. The van der Waals surface area contributed by atoms with Gasteiger partial charge in [0.15, 0.2) is 0 Å². The van der Waals surface area contributed by atoms with Crippen LogP contribution in [0.5, 0.6) is 0 Å². The number of benzene rings is 2. The topological polar surface area (TPSA) is 46.4 Å². The minimum Gasteiger partial charge on any atom is -0.326 e. The van der Waals surface area contributed by atoms with Gasteiger partial charge in [0.05, 0.1) is 19.5 Å². The van der Waals surface area contributed by atoms with E-state index in [-0.39, 0.29) is 5.91 Å². The van der Waals surface area contributed by atoms with Crippen molar-refractivity contribution >= 4 is 28.5 Å². The molecular weight excluding hydrogens is 378 g/mol. The van der Waals surface area contributed by atoms with E-state index in [9.17, 15) is 4.79 Å². The number of carbonyl (C=O) groups excluding carboxylic acids is 1. The number of rotatable bonds is 6. The maximum atomic E-state index is 12.3. The molecule has 1 aliphatic rings. The lowest BCUT2D eigenvalue weighted by atomic mass is 9.99. The Balaban J connectivity index is 1.29. The van der Waals surface area contributed by atoms with Gasteiger partial charge in [0.25, 0.3) is 0 Å². The Kier molecular flexibility index (Phi) is 6.17. The molecule has 148 valence electrons.